The van der Waals surface area contributed by atoms with Crippen LogP contribution in [0.2, 0.25) is 0 Å². The maximum atomic E-state index is 13.3. The quantitative estimate of drug-likeness (QED) is 0.751. The van der Waals surface area contributed by atoms with Gasteiger partial charge in [0.2, 0.25) is 0 Å². The second-order valence-electron chi connectivity index (χ2n) is 3.85. The van der Waals surface area contributed by atoms with E-state index in [0.29, 0.717) is 18.8 Å². The summed E-state index contributed by atoms with van der Waals surface area (Å²) in [6, 6.07) is 3.93. The molecule has 0 spiro atoms. The number of carboxylic acid groups (broad SMARTS) is 1. The highest BCUT2D eigenvalue weighted by molar-refractivity contribution is 5.88. The zero-order valence-corrected chi connectivity index (χ0v) is 9.87. The smallest absolute Gasteiger partial charge is 0.338 e. The third kappa shape index (κ3) is 4.40. The highest BCUT2D eigenvalue weighted by Crippen LogP contribution is 2.14. The molecule has 94 valence electrons. The van der Waals surface area contributed by atoms with Crippen LogP contribution < -0.4 is 5.32 Å². The maximum absolute atomic E-state index is 13.3. The van der Waals surface area contributed by atoms with E-state index in [1.165, 1.54) is 18.2 Å². The molecule has 0 bridgehead atoms. The zero-order chi connectivity index (χ0) is 12.8. The molecule has 4 nitrogen and oxygen atoms in total. The highest BCUT2D eigenvalue weighted by atomic mass is 19.1. The Balaban J connectivity index is 2.50. The number of hydrogen-bond donors (Lipinski definition) is 2. The first kappa shape index (κ1) is 13.4. The summed E-state index contributed by atoms with van der Waals surface area (Å²) in [6.07, 6.45) is 0.155. The van der Waals surface area contributed by atoms with Crippen molar-refractivity contribution in [2.45, 2.75) is 20.0 Å². The summed E-state index contributed by atoms with van der Waals surface area (Å²) in [5.74, 6) is -2.01. The summed E-state index contributed by atoms with van der Waals surface area (Å²) < 4.78 is 18.6. The SMILES string of the molecule is CC(C)OCCNc1ccc(C(=O)O)c(F)c1. The minimum absolute atomic E-state index is 0.155. The Morgan fingerprint density at radius 1 is 1.53 bits per heavy atom. The molecule has 0 heterocycles. The molecule has 0 aromatic heterocycles. The number of ether oxygens (including phenoxy) is 1. The van der Waals surface area contributed by atoms with E-state index in [1.54, 1.807) is 0 Å². The number of rotatable bonds is 6. The lowest BCUT2D eigenvalue weighted by atomic mass is 10.2. The number of anilines is 1. The molecule has 5 heteroatoms. The third-order valence-corrected chi connectivity index (χ3v) is 2.08. The molecular weight excluding hydrogens is 225 g/mol. The van der Waals surface area contributed by atoms with Gasteiger partial charge >= 0.3 is 5.97 Å². The van der Waals surface area contributed by atoms with Crippen LogP contribution in [0.15, 0.2) is 18.2 Å². The van der Waals surface area contributed by atoms with Crippen molar-refractivity contribution in [3.05, 3.63) is 29.6 Å². The van der Waals surface area contributed by atoms with Gasteiger partial charge in [0.05, 0.1) is 18.3 Å². The standard InChI is InChI=1S/C12H16FNO3/c1-8(2)17-6-5-14-9-3-4-10(12(15)16)11(13)7-9/h3-4,7-8,14H,5-6H2,1-2H3,(H,15,16). The van der Waals surface area contributed by atoms with Crippen LogP contribution in [0.3, 0.4) is 0 Å². The van der Waals surface area contributed by atoms with E-state index in [-0.39, 0.29) is 11.7 Å². The third-order valence-electron chi connectivity index (χ3n) is 2.08. The average Bonchev–Trinajstić information content (AvgIpc) is 2.23. The zero-order valence-electron chi connectivity index (χ0n) is 9.87. The van der Waals surface area contributed by atoms with Crippen LogP contribution in [0.4, 0.5) is 10.1 Å². The van der Waals surface area contributed by atoms with Gasteiger partial charge in [-0.25, -0.2) is 9.18 Å². The van der Waals surface area contributed by atoms with E-state index >= 15 is 0 Å². The summed E-state index contributed by atoms with van der Waals surface area (Å²) in [5, 5.41) is 11.6. The molecule has 0 aliphatic rings. The molecule has 0 saturated carbocycles. The molecule has 1 aromatic rings. The first-order chi connectivity index (χ1) is 8.00. The fourth-order valence-electron chi connectivity index (χ4n) is 1.29. The Labute approximate surface area is 99.4 Å². The second kappa shape index (κ2) is 6.20. The Bertz CT molecular complexity index is 393. The Kier molecular flexibility index (Phi) is 4.90. The molecule has 0 fully saturated rings. The number of halogens is 1. The van der Waals surface area contributed by atoms with Crippen molar-refractivity contribution in [2.24, 2.45) is 0 Å². The van der Waals surface area contributed by atoms with E-state index < -0.39 is 11.8 Å². The van der Waals surface area contributed by atoms with Gasteiger partial charge < -0.3 is 15.2 Å². The van der Waals surface area contributed by atoms with Crippen molar-refractivity contribution in [2.75, 3.05) is 18.5 Å². The summed E-state index contributed by atoms with van der Waals surface area (Å²) in [5.41, 5.74) is 0.217. The van der Waals surface area contributed by atoms with Crippen molar-refractivity contribution in [3.8, 4) is 0 Å². The van der Waals surface area contributed by atoms with Crippen molar-refractivity contribution in [3.63, 3.8) is 0 Å². The lowest BCUT2D eigenvalue weighted by Gasteiger charge is -2.10. The van der Waals surface area contributed by atoms with Crippen LogP contribution in [0, 0.1) is 5.82 Å². The van der Waals surface area contributed by atoms with Crippen LogP contribution in [0.25, 0.3) is 0 Å². The molecule has 0 saturated heterocycles. The summed E-state index contributed by atoms with van der Waals surface area (Å²) in [7, 11) is 0. The monoisotopic (exact) mass is 241 g/mol. The van der Waals surface area contributed by atoms with Gasteiger partial charge in [0.15, 0.2) is 0 Å². The van der Waals surface area contributed by atoms with E-state index in [1.807, 2.05) is 13.8 Å². The Morgan fingerprint density at radius 3 is 2.76 bits per heavy atom. The van der Waals surface area contributed by atoms with Crippen LogP contribution >= 0.6 is 0 Å². The van der Waals surface area contributed by atoms with E-state index in [2.05, 4.69) is 5.32 Å². The van der Waals surface area contributed by atoms with E-state index in [4.69, 9.17) is 9.84 Å². The molecule has 0 aliphatic heterocycles. The molecule has 2 N–H and O–H groups in total. The van der Waals surface area contributed by atoms with Crippen LogP contribution in [-0.4, -0.2) is 30.3 Å². The molecule has 0 unspecified atom stereocenters. The van der Waals surface area contributed by atoms with Crippen molar-refractivity contribution in [1.82, 2.24) is 0 Å². The van der Waals surface area contributed by atoms with Gasteiger partial charge in [0, 0.05) is 12.2 Å². The predicted molar refractivity (Wildman–Crippen MR) is 62.9 cm³/mol. The number of benzene rings is 1. The molecule has 0 amide bonds. The van der Waals surface area contributed by atoms with Crippen molar-refractivity contribution < 1.29 is 19.0 Å². The molecule has 0 aliphatic carbocycles. The van der Waals surface area contributed by atoms with Gasteiger partial charge in [0.25, 0.3) is 0 Å². The van der Waals surface area contributed by atoms with Gasteiger partial charge in [0.1, 0.15) is 5.82 Å². The number of hydrogen-bond acceptors (Lipinski definition) is 3. The number of nitrogens with one attached hydrogen (secondary N) is 1. The number of carbonyl (C=O) groups is 1. The van der Waals surface area contributed by atoms with Crippen molar-refractivity contribution in [1.29, 1.82) is 0 Å². The fourth-order valence-corrected chi connectivity index (χ4v) is 1.29. The van der Waals surface area contributed by atoms with Gasteiger partial charge in [-0.2, -0.15) is 0 Å². The molecule has 0 atom stereocenters. The average molecular weight is 241 g/mol. The normalized spacial score (nSPS) is 10.6. The largest absolute Gasteiger partial charge is 0.478 e. The summed E-state index contributed by atoms with van der Waals surface area (Å²) in [6.45, 7) is 4.92. The molecule has 1 aromatic carbocycles. The van der Waals surface area contributed by atoms with Crippen LogP contribution in [0.5, 0.6) is 0 Å². The lowest BCUT2D eigenvalue weighted by Crippen LogP contribution is -2.13. The van der Waals surface area contributed by atoms with Crippen molar-refractivity contribution >= 4 is 11.7 Å². The lowest BCUT2D eigenvalue weighted by molar-refractivity contribution is 0.0691. The van der Waals surface area contributed by atoms with Crippen LogP contribution in [0.1, 0.15) is 24.2 Å². The molecule has 0 radical (unpaired) electrons. The molecule has 17 heavy (non-hydrogen) atoms. The van der Waals surface area contributed by atoms with E-state index in [0.717, 1.165) is 0 Å². The predicted octanol–water partition coefficient (Wildman–Crippen LogP) is 2.36. The van der Waals surface area contributed by atoms with Gasteiger partial charge in [-0.3, -0.25) is 0 Å². The number of aromatic carboxylic acids is 1. The van der Waals surface area contributed by atoms with E-state index in [9.17, 15) is 9.18 Å². The minimum atomic E-state index is -1.27. The van der Waals surface area contributed by atoms with Gasteiger partial charge in [-0.1, -0.05) is 0 Å². The first-order valence-electron chi connectivity index (χ1n) is 5.39. The van der Waals surface area contributed by atoms with Crippen LogP contribution in [-0.2, 0) is 4.74 Å². The summed E-state index contributed by atoms with van der Waals surface area (Å²) in [4.78, 5) is 10.6. The Morgan fingerprint density at radius 2 is 2.24 bits per heavy atom. The summed E-state index contributed by atoms with van der Waals surface area (Å²) >= 11 is 0. The molecule has 1 rings (SSSR count). The number of carboxylic acids is 1. The Hall–Kier alpha value is -1.62. The maximum Gasteiger partial charge on any atom is 0.338 e. The van der Waals surface area contributed by atoms with Gasteiger partial charge in [-0.15, -0.1) is 0 Å². The molecular formula is C12H16FNO3. The highest BCUT2D eigenvalue weighted by Gasteiger charge is 2.09. The fraction of sp³-hybridized carbons (Fsp3) is 0.417. The second-order valence-corrected chi connectivity index (χ2v) is 3.85. The minimum Gasteiger partial charge on any atom is -0.478 e. The topological polar surface area (TPSA) is 58.6 Å². The van der Waals surface area contributed by atoms with Gasteiger partial charge in [-0.05, 0) is 32.0 Å². The first-order valence-corrected chi connectivity index (χ1v) is 5.39.